The van der Waals surface area contributed by atoms with Gasteiger partial charge in [-0.1, -0.05) is 18.2 Å². The summed E-state index contributed by atoms with van der Waals surface area (Å²) in [5, 5.41) is 16.2. The molecule has 1 atom stereocenters. The van der Waals surface area contributed by atoms with Crippen molar-refractivity contribution in [2.24, 2.45) is 5.92 Å². The number of nitrogens with one attached hydrogen (secondary N) is 2. The topological polar surface area (TPSA) is 74.5 Å². The minimum Gasteiger partial charge on any atom is -0.459 e. The minimum atomic E-state index is -0.184. The zero-order chi connectivity index (χ0) is 16.2. The molecule has 1 fully saturated rings. The number of carbonyl (C=O) groups excluding carboxylic acids is 1. The van der Waals surface area contributed by atoms with Crippen molar-refractivity contribution in [2.45, 2.75) is 44.7 Å². The minimum absolute atomic E-state index is 0.162. The van der Waals surface area contributed by atoms with E-state index in [9.17, 15) is 4.79 Å². The zero-order valence-corrected chi connectivity index (χ0v) is 13.4. The van der Waals surface area contributed by atoms with Crippen LogP contribution in [0.15, 0.2) is 34.7 Å². The number of aliphatic hydroxyl groups is 1. The second kappa shape index (κ2) is 7.04. The number of carbonyl (C=O) groups is 1. The maximum atomic E-state index is 12.1. The highest BCUT2D eigenvalue weighted by Crippen LogP contribution is 2.25. The molecule has 3 N–H and O–H groups in total. The maximum Gasteiger partial charge on any atom is 0.315 e. The van der Waals surface area contributed by atoms with Gasteiger partial charge < -0.3 is 20.2 Å². The molecule has 5 nitrogen and oxygen atoms in total. The number of para-hydroxylation sites is 1. The van der Waals surface area contributed by atoms with Gasteiger partial charge in [0, 0.05) is 18.0 Å². The van der Waals surface area contributed by atoms with Crippen LogP contribution in [0.3, 0.4) is 0 Å². The molecule has 0 spiro atoms. The summed E-state index contributed by atoms with van der Waals surface area (Å²) in [5.74, 6) is 1.15. The Labute approximate surface area is 136 Å². The molecule has 23 heavy (non-hydrogen) atoms. The van der Waals surface area contributed by atoms with E-state index in [2.05, 4.69) is 10.6 Å². The Bertz CT molecular complexity index is 626. The van der Waals surface area contributed by atoms with Gasteiger partial charge in [0.25, 0.3) is 0 Å². The molecule has 3 rings (SSSR count). The van der Waals surface area contributed by atoms with E-state index in [-0.39, 0.29) is 24.7 Å². The van der Waals surface area contributed by atoms with Crippen molar-refractivity contribution >= 4 is 17.0 Å². The molecule has 1 heterocycles. The predicted molar refractivity (Wildman–Crippen MR) is 89.1 cm³/mol. The van der Waals surface area contributed by atoms with Crippen LogP contribution < -0.4 is 10.6 Å². The predicted octanol–water partition coefficient (Wildman–Crippen LogP) is 3.34. The number of hydrogen-bond acceptors (Lipinski definition) is 3. The van der Waals surface area contributed by atoms with Gasteiger partial charge in [-0.2, -0.15) is 0 Å². The number of urea groups is 1. The number of furan rings is 1. The average molecular weight is 316 g/mol. The van der Waals surface area contributed by atoms with E-state index in [1.165, 1.54) is 0 Å². The van der Waals surface area contributed by atoms with Crippen molar-refractivity contribution in [2.75, 3.05) is 6.61 Å². The lowest BCUT2D eigenvalue weighted by atomic mass is 9.87. The van der Waals surface area contributed by atoms with Crippen molar-refractivity contribution in [3.63, 3.8) is 0 Å². The van der Waals surface area contributed by atoms with Gasteiger partial charge in [0.05, 0.1) is 6.04 Å². The van der Waals surface area contributed by atoms with Crippen LogP contribution >= 0.6 is 0 Å². The molecule has 1 saturated carbocycles. The van der Waals surface area contributed by atoms with Crippen molar-refractivity contribution in [3.05, 3.63) is 36.1 Å². The summed E-state index contributed by atoms with van der Waals surface area (Å²) in [5.41, 5.74) is 0.832. The van der Waals surface area contributed by atoms with Crippen LogP contribution in [0, 0.1) is 5.92 Å². The van der Waals surface area contributed by atoms with Gasteiger partial charge >= 0.3 is 6.03 Å². The Balaban J connectivity index is 1.53. The van der Waals surface area contributed by atoms with Gasteiger partial charge in [-0.15, -0.1) is 0 Å². The Hall–Kier alpha value is -2.01. The molecule has 0 radical (unpaired) electrons. The molecule has 0 aliphatic heterocycles. The van der Waals surface area contributed by atoms with Crippen LogP contribution in [-0.2, 0) is 0 Å². The molecular weight excluding hydrogens is 292 g/mol. The van der Waals surface area contributed by atoms with Gasteiger partial charge in [-0.25, -0.2) is 4.79 Å². The zero-order valence-electron chi connectivity index (χ0n) is 13.4. The first-order valence-electron chi connectivity index (χ1n) is 8.32. The fourth-order valence-corrected chi connectivity index (χ4v) is 3.20. The molecule has 2 aromatic rings. The highest BCUT2D eigenvalue weighted by Gasteiger charge is 2.22. The van der Waals surface area contributed by atoms with Crippen molar-refractivity contribution in [3.8, 4) is 0 Å². The number of aliphatic hydroxyl groups excluding tert-OH is 1. The summed E-state index contributed by atoms with van der Waals surface area (Å²) in [6.45, 7) is 2.17. The summed E-state index contributed by atoms with van der Waals surface area (Å²) in [4.78, 5) is 12.1. The Morgan fingerprint density at radius 3 is 2.74 bits per heavy atom. The Morgan fingerprint density at radius 1 is 1.30 bits per heavy atom. The normalized spacial score (nSPS) is 22.7. The first kappa shape index (κ1) is 15.9. The van der Waals surface area contributed by atoms with Crippen LogP contribution in [0.25, 0.3) is 11.0 Å². The molecular formula is C18H24N2O3. The SMILES string of the molecule is CC(NC(=O)NC1CCC(CO)CC1)c1cc2ccccc2o1. The summed E-state index contributed by atoms with van der Waals surface area (Å²) in [7, 11) is 0. The second-order valence-corrected chi connectivity index (χ2v) is 6.43. The number of rotatable bonds is 4. The van der Waals surface area contributed by atoms with Gasteiger partial charge in [-0.3, -0.25) is 0 Å². The molecule has 1 unspecified atom stereocenters. The van der Waals surface area contributed by atoms with Gasteiger partial charge in [0.2, 0.25) is 0 Å². The maximum absolute atomic E-state index is 12.1. The fraction of sp³-hybridized carbons (Fsp3) is 0.500. The lowest BCUT2D eigenvalue weighted by Gasteiger charge is -2.28. The van der Waals surface area contributed by atoms with Crippen LogP contribution in [0.4, 0.5) is 4.79 Å². The highest BCUT2D eigenvalue weighted by molar-refractivity contribution is 5.78. The number of hydrogen-bond donors (Lipinski definition) is 3. The lowest BCUT2D eigenvalue weighted by Crippen LogP contribution is -2.44. The van der Waals surface area contributed by atoms with E-state index < -0.39 is 0 Å². The third-order valence-electron chi connectivity index (χ3n) is 4.66. The van der Waals surface area contributed by atoms with E-state index in [4.69, 9.17) is 9.52 Å². The van der Waals surface area contributed by atoms with Crippen molar-refractivity contribution < 1.29 is 14.3 Å². The quantitative estimate of drug-likeness (QED) is 0.810. The number of benzene rings is 1. The van der Waals surface area contributed by atoms with E-state index in [0.29, 0.717) is 5.92 Å². The molecule has 1 aliphatic rings. The molecule has 0 bridgehead atoms. The highest BCUT2D eigenvalue weighted by atomic mass is 16.3. The molecule has 124 valence electrons. The van der Waals surface area contributed by atoms with Crippen LogP contribution in [0.5, 0.6) is 0 Å². The fourth-order valence-electron chi connectivity index (χ4n) is 3.20. The molecule has 0 saturated heterocycles. The van der Waals surface area contributed by atoms with Crippen LogP contribution in [-0.4, -0.2) is 23.8 Å². The first-order valence-corrected chi connectivity index (χ1v) is 8.32. The van der Waals surface area contributed by atoms with E-state index in [0.717, 1.165) is 42.4 Å². The standard InChI is InChI=1S/C18H24N2O3/c1-12(17-10-14-4-2-3-5-16(14)23-17)19-18(22)20-15-8-6-13(11-21)7-9-15/h2-5,10,12-13,15,21H,6-9,11H2,1H3,(H2,19,20,22). The number of fused-ring (bicyclic) bond motifs is 1. The van der Waals surface area contributed by atoms with E-state index >= 15 is 0 Å². The molecule has 1 aliphatic carbocycles. The third-order valence-corrected chi connectivity index (χ3v) is 4.66. The summed E-state index contributed by atoms with van der Waals surface area (Å²) in [6, 6.07) is 9.63. The Morgan fingerprint density at radius 2 is 2.04 bits per heavy atom. The largest absolute Gasteiger partial charge is 0.459 e. The van der Waals surface area contributed by atoms with Crippen molar-refractivity contribution in [1.82, 2.24) is 10.6 Å². The Kier molecular flexibility index (Phi) is 4.86. The van der Waals surface area contributed by atoms with Crippen molar-refractivity contribution in [1.29, 1.82) is 0 Å². The van der Waals surface area contributed by atoms with Gasteiger partial charge in [0.15, 0.2) is 0 Å². The monoisotopic (exact) mass is 316 g/mol. The van der Waals surface area contributed by atoms with Crippen LogP contribution in [0.1, 0.15) is 44.4 Å². The molecule has 5 heteroatoms. The third kappa shape index (κ3) is 3.85. The smallest absolute Gasteiger partial charge is 0.315 e. The average Bonchev–Trinajstić information content (AvgIpc) is 2.99. The van der Waals surface area contributed by atoms with E-state index in [1.807, 2.05) is 37.3 Å². The second-order valence-electron chi connectivity index (χ2n) is 6.43. The first-order chi connectivity index (χ1) is 11.2. The summed E-state index contributed by atoms with van der Waals surface area (Å²) in [6.07, 6.45) is 3.80. The van der Waals surface area contributed by atoms with Gasteiger partial charge in [0.1, 0.15) is 11.3 Å². The summed E-state index contributed by atoms with van der Waals surface area (Å²) >= 11 is 0. The molecule has 2 amide bonds. The van der Waals surface area contributed by atoms with E-state index in [1.54, 1.807) is 0 Å². The van der Waals surface area contributed by atoms with Gasteiger partial charge in [-0.05, 0) is 50.7 Å². The van der Waals surface area contributed by atoms with Crippen LogP contribution in [0.2, 0.25) is 0 Å². The number of amides is 2. The lowest BCUT2D eigenvalue weighted by molar-refractivity contribution is 0.174. The summed E-state index contributed by atoms with van der Waals surface area (Å²) < 4.78 is 5.78. The molecule has 1 aromatic heterocycles. The molecule has 1 aromatic carbocycles.